The highest BCUT2D eigenvalue weighted by atomic mass is 32.2. The summed E-state index contributed by atoms with van der Waals surface area (Å²) in [6.07, 6.45) is 12.1. The second-order valence-electron chi connectivity index (χ2n) is 6.19. The molecule has 0 aromatic carbocycles. The van der Waals surface area contributed by atoms with Gasteiger partial charge in [-0.1, -0.05) is 43.9 Å². The van der Waals surface area contributed by atoms with Crippen LogP contribution in [0.2, 0.25) is 0 Å². The molecule has 2 atom stereocenters. The van der Waals surface area contributed by atoms with Gasteiger partial charge in [-0.05, 0) is 25.7 Å². The highest BCUT2D eigenvalue weighted by Gasteiger charge is 2.35. The lowest BCUT2D eigenvalue weighted by molar-refractivity contribution is 0.396. The number of aromatic nitrogens is 3. The molecular formula is C14H22N4S. The summed E-state index contributed by atoms with van der Waals surface area (Å²) in [6, 6.07) is 0.629. The Balaban J connectivity index is 1.60. The zero-order valence-electron chi connectivity index (χ0n) is 11.3. The zero-order chi connectivity index (χ0) is 12.7. The highest BCUT2D eigenvalue weighted by molar-refractivity contribution is 7.99. The Morgan fingerprint density at radius 1 is 0.947 bits per heavy atom. The molecule has 2 unspecified atom stereocenters. The fraction of sp³-hybridized carbons (Fsp3) is 0.857. The van der Waals surface area contributed by atoms with Crippen LogP contribution in [0.1, 0.15) is 69.5 Å². The lowest BCUT2D eigenvalue weighted by Gasteiger charge is -2.37. The van der Waals surface area contributed by atoms with Gasteiger partial charge >= 0.3 is 0 Å². The average Bonchev–Trinajstić information content (AvgIpc) is 2.88. The molecule has 1 aliphatic heterocycles. The van der Waals surface area contributed by atoms with Crippen LogP contribution in [-0.4, -0.2) is 26.2 Å². The maximum absolute atomic E-state index is 4.51. The van der Waals surface area contributed by atoms with Crippen molar-refractivity contribution >= 4 is 11.8 Å². The standard InChI is InChI=1S/C14H22N4S/c1-2-6-10(7-3-1)13-15-16-14-18(13)17-11-8-4-5-9-12(11)19-14/h10-12,17H,1-9H2. The molecule has 1 aromatic heterocycles. The van der Waals surface area contributed by atoms with Crippen molar-refractivity contribution in [1.29, 1.82) is 0 Å². The van der Waals surface area contributed by atoms with E-state index in [4.69, 9.17) is 0 Å². The van der Waals surface area contributed by atoms with E-state index in [1.165, 1.54) is 63.6 Å². The van der Waals surface area contributed by atoms with Crippen LogP contribution in [0.5, 0.6) is 0 Å². The van der Waals surface area contributed by atoms with Gasteiger partial charge in [0.2, 0.25) is 5.16 Å². The van der Waals surface area contributed by atoms with Gasteiger partial charge in [0.15, 0.2) is 5.82 Å². The Kier molecular flexibility index (Phi) is 3.17. The van der Waals surface area contributed by atoms with Crippen LogP contribution >= 0.6 is 11.8 Å². The lowest BCUT2D eigenvalue weighted by Crippen LogP contribution is -2.43. The van der Waals surface area contributed by atoms with E-state index in [1.54, 1.807) is 0 Å². The molecule has 0 saturated heterocycles. The molecule has 0 radical (unpaired) electrons. The van der Waals surface area contributed by atoms with Crippen LogP contribution in [0, 0.1) is 0 Å². The molecule has 2 heterocycles. The SMILES string of the molecule is C1CCC(c2nnc3n2NC2CCCCC2S3)CC1. The fourth-order valence-corrected chi connectivity index (χ4v) is 5.05. The summed E-state index contributed by atoms with van der Waals surface area (Å²) in [5.41, 5.74) is 3.72. The Morgan fingerprint density at radius 2 is 1.74 bits per heavy atom. The maximum atomic E-state index is 4.51. The van der Waals surface area contributed by atoms with E-state index in [-0.39, 0.29) is 0 Å². The molecule has 3 aliphatic rings. The van der Waals surface area contributed by atoms with Crippen LogP contribution in [0.25, 0.3) is 0 Å². The van der Waals surface area contributed by atoms with Gasteiger partial charge in [-0.2, -0.15) is 0 Å². The predicted molar refractivity (Wildman–Crippen MR) is 77.1 cm³/mol. The summed E-state index contributed by atoms with van der Waals surface area (Å²) < 4.78 is 2.23. The molecular weight excluding hydrogens is 256 g/mol. The summed E-state index contributed by atoms with van der Waals surface area (Å²) >= 11 is 1.95. The molecule has 2 saturated carbocycles. The van der Waals surface area contributed by atoms with Crippen molar-refractivity contribution in [1.82, 2.24) is 14.9 Å². The maximum Gasteiger partial charge on any atom is 0.210 e. The van der Waals surface area contributed by atoms with Crippen LogP contribution in [0.15, 0.2) is 5.16 Å². The third-order valence-electron chi connectivity index (χ3n) is 4.88. The molecule has 1 N–H and O–H groups in total. The Hall–Kier alpha value is -0.710. The van der Waals surface area contributed by atoms with E-state index in [0.29, 0.717) is 17.2 Å². The highest BCUT2D eigenvalue weighted by Crippen LogP contribution is 2.39. The van der Waals surface area contributed by atoms with Crippen molar-refractivity contribution in [2.45, 2.75) is 80.2 Å². The van der Waals surface area contributed by atoms with Gasteiger partial charge in [0, 0.05) is 11.2 Å². The summed E-state index contributed by atoms with van der Waals surface area (Å²) in [7, 11) is 0. The molecule has 0 bridgehead atoms. The van der Waals surface area contributed by atoms with Crippen LogP contribution in [0.3, 0.4) is 0 Å². The van der Waals surface area contributed by atoms with Crippen molar-refractivity contribution in [3.8, 4) is 0 Å². The van der Waals surface area contributed by atoms with Gasteiger partial charge in [0.05, 0.1) is 6.04 Å². The van der Waals surface area contributed by atoms with Gasteiger partial charge in [-0.15, -0.1) is 10.2 Å². The monoisotopic (exact) mass is 278 g/mol. The van der Waals surface area contributed by atoms with Gasteiger partial charge < -0.3 is 5.43 Å². The van der Waals surface area contributed by atoms with E-state index < -0.39 is 0 Å². The summed E-state index contributed by atoms with van der Waals surface area (Å²) in [4.78, 5) is 0. The first-order valence-corrected chi connectivity index (χ1v) is 8.68. The number of rotatable bonds is 1. The largest absolute Gasteiger partial charge is 0.318 e. The number of fused-ring (bicyclic) bond motifs is 2. The number of hydrogen-bond acceptors (Lipinski definition) is 4. The van der Waals surface area contributed by atoms with Crippen LogP contribution < -0.4 is 5.43 Å². The first-order valence-electron chi connectivity index (χ1n) is 7.80. The van der Waals surface area contributed by atoms with Gasteiger partial charge in [0.25, 0.3) is 0 Å². The molecule has 1 aromatic rings. The van der Waals surface area contributed by atoms with Gasteiger partial charge in [0.1, 0.15) is 0 Å². The van der Waals surface area contributed by atoms with Crippen molar-refractivity contribution in [3.63, 3.8) is 0 Å². The molecule has 4 nitrogen and oxygen atoms in total. The third-order valence-corrected chi connectivity index (χ3v) is 6.22. The molecule has 19 heavy (non-hydrogen) atoms. The molecule has 104 valence electrons. The predicted octanol–water partition coefficient (Wildman–Crippen LogP) is 3.29. The van der Waals surface area contributed by atoms with E-state index in [9.17, 15) is 0 Å². The van der Waals surface area contributed by atoms with E-state index in [2.05, 4.69) is 20.3 Å². The minimum Gasteiger partial charge on any atom is -0.318 e. The van der Waals surface area contributed by atoms with Crippen molar-refractivity contribution in [2.24, 2.45) is 0 Å². The molecule has 5 heteroatoms. The molecule has 0 spiro atoms. The third kappa shape index (κ3) is 2.16. The second-order valence-corrected chi connectivity index (χ2v) is 7.39. The number of nitrogens with zero attached hydrogens (tertiary/aromatic N) is 3. The van der Waals surface area contributed by atoms with E-state index >= 15 is 0 Å². The number of hydrogen-bond donors (Lipinski definition) is 1. The van der Waals surface area contributed by atoms with Crippen molar-refractivity contribution in [2.75, 3.05) is 5.43 Å². The van der Waals surface area contributed by atoms with Crippen molar-refractivity contribution < 1.29 is 0 Å². The summed E-state index contributed by atoms with van der Waals surface area (Å²) in [5, 5.41) is 10.8. The van der Waals surface area contributed by atoms with Gasteiger partial charge in [-0.25, -0.2) is 4.68 Å². The summed E-state index contributed by atoms with van der Waals surface area (Å²) in [6.45, 7) is 0. The molecule has 4 rings (SSSR count). The number of thioether (sulfide) groups is 1. The van der Waals surface area contributed by atoms with Crippen LogP contribution in [0.4, 0.5) is 0 Å². The first kappa shape index (κ1) is 12.1. The quantitative estimate of drug-likeness (QED) is 0.856. The zero-order valence-corrected chi connectivity index (χ0v) is 12.2. The van der Waals surface area contributed by atoms with Gasteiger partial charge in [-0.3, -0.25) is 0 Å². The minimum absolute atomic E-state index is 0.628. The Morgan fingerprint density at radius 3 is 2.63 bits per heavy atom. The minimum atomic E-state index is 0.628. The molecule has 2 fully saturated rings. The molecule has 0 amide bonds. The Labute approximate surface area is 118 Å². The lowest BCUT2D eigenvalue weighted by atomic mass is 9.89. The van der Waals surface area contributed by atoms with E-state index in [0.717, 1.165) is 5.16 Å². The smallest absolute Gasteiger partial charge is 0.210 e. The summed E-state index contributed by atoms with van der Waals surface area (Å²) in [5.74, 6) is 1.83. The topological polar surface area (TPSA) is 42.7 Å². The fourth-order valence-electron chi connectivity index (χ4n) is 3.79. The Bertz CT molecular complexity index is 452. The normalized spacial score (nSPS) is 31.4. The van der Waals surface area contributed by atoms with Crippen LogP contribution in [-0.2, 0) is 0 Å². The first-order chi connectivity index (χ1) is 9.42. The van der Waals surface area contributed by atoms with E-state index in [1.807, 2.05) is 11.8 Å². The molecule has 2 aliphatic carbocycles. The van der Waals surface area contributed by atoms with Crippen molar-refractivity contribution in [3.05, 3.63) is 5.82 Å². The second kappa shape index (κ2) is 5.00. The average molecular weight is 278 g/mol. The number of nitrogens with one attached hydrogen (secondary N) is 1.